The molecule has 0 bridgehead atoms. The van der Waals surface area contributed by atoms with Gasteiger partial charge in [-0.3, -0.25) is 0 Å². The van der Waals surface area contributed by atoms with Crippen molar-refractivity contribution < 1.29 is 13.2 Å². The SMILES string of the molecule is [N-]=[N+]=NCC#Cc1cnc(Cl)c(C(F)(F)F)c1. The van der Waals surface area contributed by atoms with E-state index in [0.29, 0.717) is 0 Å². The van der Waals surface area contributed by atoms with Crippen molar-refractivity contribution in [3.63, 3.8) is 0 Å². The summed E-state index contributed by atoms with van der Waals surface area (Å²) >= 11 is 5.32. The zero-order chi connectivity index (χ0) is 12.9. The van der Waals surface area contributed by atoms with Crippen molar-refractivity contribution in [3.05, 3.63) is 39.0 Å². The van der Waals surface area contributed by atoms with Crippen LogP contribution in [0.2, 0.25) is 5.15 Å². The van der Waals surface area contributed by atoms with E-state index in [1.165, 1.54) is 0 Å². The topological polar surface area (TPSA) is 61.7 Å². The van der Waals surface area contributed by atoms with Gasteiger partial charge in [0.15, 0.2) is 0 Å². The van der Waals surface area contributed by atoms with Crippen molar-refractivity contribution in [3.8, 4) is 11.8 Å². The number of hydrogen-bond donors (Lipinski definition) is 0. The van der Waals surface area contributed by atoms with Crippen LogP contribution in [-0.4, -0.2) is 11.5 Å². The van der Waals surface area contributed by atoms with Gasteiger partial charge in [-0.25, -0.2) is 4.98 Å². The maximum absolute atomic E-state index is 12.4. The highest BCUT2D eigenvalue weighted by molar-refractivity contribution is 6.30. The molecule has 0 saturated heterocycles. The highest BCUT2D eigenvalue weighted by atomic mass is 35.5. The van der Waals surface area contributed by atoms with Crippen molar-refractivity contribution in [2.75, 3.05) is 6.54 Å². The Morgan fingerprint density at radius 3 is 2.82 bits per heavy atom. The maximum Gasteiger partial charge on any atom is 0.419 e. The molecule has 17 heavy (non-hydrogen) atoms. The lowest BCUT2D eigenvalue weighted by atomic mass is 10.2. The third kappa shape index (κ3) is 3.87. The minimum Gasteiger partial charge on any atom is -0.243 e. The first kappa shape index (κ1) is 13.2. The van der Waals surface area contributed by atoms with Gasteiger partial charge >= 0.3 is 6.18 Å². The minimum atomic E-state index is -4.58. The maximum atomic E-state index is 12.4. The van der Waals surface area contributed by atoms with Gasteiger partial charge in [0.25, 0.3) is 0 Å². The molecule has 1 aromatic rings. The summed E-state index contributed by atoms with van der Waals surface area (Å²) in [7, 11) is 0. The second kappa shape index (κ2) is 5.43. The summed E-state index contributed by atoms with van der Waals surface area (Å²) in [6, 6.07) is 0.790. The van der Waals surface area contributed by atoms with Crippen molar-refractivity contribution in [1.29, 1.82) is 0 Å². The molecule has 0 N–H and O–H groups in total. The van der Waals surface area contributed by atoms with E-state index in [1.807, 2.05) is 0 Å². The van der Waals surface area contributed by atoms with E-state index in [0.717, 1.165) is 12.3 Å². The van der Waals surface area contributed by atoms with Crippen LogP contribution in [0.15, 0.2) is 17.4 Å². The van der Waals surface area contributed by atoms with Gasteiger partial charge in [0.05, 0.1) is 12.1 Å². The Morgan fingerprint density at radius 2 is 2.24 bits per heavy atom. The van der Waals surface area contributed by atoms with E-state index in [-0.39, 0.29) is 12.1 Å². The van der Waals surface area contributed by atoms with Crippen LogP contribution in [0.5, 0.6) is 0 Å². The number of pyridine rings is 1. The van der Waals surface area contributed by atoms with Gasteiger partial charge in [0.2, 0.25) is 0 Å². The van der Waals surface area contributed by atoms with Gasteiger partial charge < -0.3 is 0 Å². The standard InChI is InChI=1S/C9H4ClF3N4/c10-8-7(9(11,12)13)4-6(5-15-8)2-1-3-16-17-14/h4-5H,3H2. The smallest absolute Gasteiger partial charge is 0.243 e. The molecule has 0 aliphatic carbocycles. The third-order valence-electron chi connectivity index (χ3n) is 1.59. The first-order chi connectivity index (χ1) is 7.95. The van der Waals surface area contributed by atoms with Gasteiger partial charge in [-0.15, -0.1) is 0 Å². The average Bonchev–Trinajstić information content (AvgIpc) is 2.25. The predicted molar refractivity (Wildman–Crippen MR) is 55.1 cm³/mol. The molecule has 0 aromatic carbocycles. The molecule has 4 nitrogen and oxygen atoms in total. The largest absolute Gasteiger partial charge is 0.419 e. The fourth-order valence-corrected chi connectivity index (χ4v) is 1.13. The van der Waals surface area contributed by atoms with Crippen molar-refractivity contribution in [2.24, 2.45) is 5.11 Å². The lowest BCUT2D eigenvalue weighted by Gasteiger charge is -2.07. The van der Waals surface area contributed by atoms with Crippen molar-refractivity contribution in [2.45, 2.75) is 6.18 Å². The number of azide groups is 1. The second-order valence-electron chi connectivity index (χ2n) is 2.75. The molecule has 1 heterocycles. The molecule has 0 aliphatic heterocycles. The van der Waals surface area contributed by atoms with Crippen LogP contribution >= 0.6 is 11.6 Å². The number of nitrogens with zero attached hydrogens (tertiary/aromatic N) is 4. The van der Waals surface area contributed by atoms with Crippen LogP contribution in [0.25, 0.3) is 10.4 Å². The van der Waals surface area contributed by atoms with E-state index >= 15 is 0 Å². The van der Waals surface area contributed by atoms with Gasteiger partial charge in [0.1, 0.15) is 5.15 Å². The summed E-state index contributed by atoms with van der Waals surface area (Å²) in [5.74, 6) is 4.76. The summed E-state index contributed by atoms with van der Waals surface area (Å²) in [6.07, 6.45) is -3.47. The normalized spacial score (nSPS) is 10.1. The molecule has 0 amide bonds. The molecule has 0 fully saturated rings. The Bertz CT molecular complexity index is 523. The van der Waals surface area contributed by atoms with Crippen LogP contribution in [0.3, 0.4) is 0 Å². The monoisotopic (exact) mass is 260 g/mol. The lowest BCUT2D eigenvalue weighted by Crippen LogP contribution is -2.07. The number of rotatable bonds is 1. The van der Waals surface area contributed by atoms with Gasteiger partial charge in [-0.05, 0) is 11.6 Å². The molecular formula is C9H4ClF3N4. The lowest BCUT2D eigenvalue weighted by molar-refractivity contribution is -0.137. The minimum absolute atomic E-state index is 0.0508. The zero-order valence-corrected chi connectivity index (χ0v) is 8.92. The van der Waals surface area contributed by atoms with Gasteiger partial charge in [-0.2, -0.15) is 13.2 Å². The molecule has 0 atom stereocenters. The molecule has 0 radical (unpaired) electrons. The predicted octanol–water partition coefficient (Wildman–Crippen LogP) is 3.42. The van der Waals surface area contributed by atoms with E-state index in [4.69, 9.17) is 17.1 Å². The van der Waals surface area contributed by atoms with Crippen molar-refractivity contribution >= 4 is 11.6 Å². The highest BCUT2D eigenvalue weighted by Gasteiger charge is 2.34. The molecule has 1 aromatic heterocycles. The first-order valence-electron chi connectivity index (χ1n) is 4.17. The van der Waals surface area contributed by atoms with Gasteiger partial charge in [-0.1, -0.05) is 28.6 Å². The summed E-state index contributed by atoms with van der Waals surface area (Å²) < 4.78 is 37.3. The number of alkyl halides is 3. The Kier molecular flexibility index (Phi) is 4.21. The Morgan fingerprint density at radius 1 is 1.53 bits per heavy atom. The van der Waals surface area contributed by atoms with E-state index < -0.39 is 16.9 Å². The molecule has 0 spiro atoms. The Labute approximate surface area is 99.0 Å². The number of aromatic nitrogens is 1. The summed E-state index contributed by atoms with van der Waals surface area (Å²) in [6.45, 7) is -0.125. The summed E-state index contributed by atoms with van der Waals surface area (Å²) in [5, 5.41) is 2.49. The first-order valence-corrected chi connectivity index (χ1v) is 4.55. The molecule has 0 unspecified atom stereocenters. The molecule has 1 rings (SSSR count). The summed E-state index contributed by atoms with van der Waals surface area (Å²) in [5.41, 5.74) is 6.97. The van der Waals surface area contributed by atoms with Crippen LogP contribution in [-0.2, 0) is 6.18 Å². The fraction of sp³-hybridized carbons (Fsp3) is 0.222. The van der Waals surface area contributed by atoms with Gasteiger partial charge in [0, 0.05) is 16.7 Å². The van der Waals surface area contributed by atoms with Crippen molar-refractivity contribution in [1.82, 2.24) is 4.98 Å². The van der Waals surface area contributed by atoms with Crippen LogP contribution in [0, 0.1) is 11.8 Å². The Balaban J connectivity index is 3.03. The quantitative estimate of drug-likeness (QED) is 0.251. The fourth-order valence-electron chi connectivity index (χ4n) is 0.924. The number of halogens is 4. The number of hydrogen-bond acceptors (Lipinski definition) is 2. The Hall–Kier alpha value is -1.90. The second-order valence-corrected chi connectivity index (χ2v) is 3.11. The van der Waals surface area contributed by atoms with E-state index in [9.17, 15) is 13.2 Å². The molecular weight excluding hydrogens is 257 g/mol. The molecule has 0 saturated carbocycles. The van der Waals surface area contributed by atoms with Crippen LogP contribution in [0.4, 0.5) is 13.2 Å². The third-order valence-corrected chi connectivity index (χ3v) is 1.89. The zero-order valence-electron chi connectivity index (χ0n) is 8.16. The summed E-state index contributed by atoms with van der Waals surface area (Å²) in [4.78, 5) is 5.83. The molecule has 8 heteroatoms. The molecule has 0 aliphatic rings. The van der Waals surface area contributed by atoms with E-state index in [2.05, 4.69) is 26.9 Å². The van der Waals surface area contributed by atoms with Crippen LogP contribution < -0.4 is 0 Å². The molecule has 88 valence electrons. The van der Waals surface area contributed by atoms with Crippen LogP contribution in [0.1, 0.15) is 11.1 Å². The average molecular weight is 261 g/mol. The highest BCUT2D eigenvalue weighted by Crippen LogP contribution is 2.33. The van der Waals surface area contributed by atoms with E-state index in [1.54, 1.807) is 0 Å².